The quantitative estimate of drug-likeness (QED) is 0.239. The molecule has 0 atom stereocenters. The van der Waals surface area contributed by atoms with Gasteiger partial charge in [0.15, 0.2) is 0 Å². The second-order valence-electron chi connectivity index (χ2n) is 9.42. The van der Waals surface area contributed by atoms with Gasteiger partial charge < -0.3 is 15.2 Å². The van der Waals surface area contributed by atoms with Crippen LogP contribution in [0, 0.1) is 13.8 Å². The predicted molar refractivity (Wildman–Crippen MR) is 154 cm³/mol. The van der Waals surface area contributed by atoms with Crippen LogP contribution in [-0.2, 0) is 13.1 Å². The van der Waals surface area contributed by atoms with E-state index < -0.39 is 0 Å². The molecule has 6 heteroatoms. The van der Waals surface area contributed by atoms with E-state index in [9.17, 15) is 9.59 Å². The van der Waals surface area contributed by atoms with Crippen molar-refractivity contribution < 1.29 is 9.59 Å². The minimum absolute atomic E-state index is 0.156. The number of aryl methyl sites for hydroxylation is 2. The van der Waals surface area contributed by atoms with Gasteiger partial charge in [0.1, 0.15) is 5.69 Å². The van der Waals surface area contributed by atoms with Crippen molar-refractivity contribution in [1.29, 1.82) is 0 Å². The number of carbonyl (C=O) groups excluding carboxylic acids is 2. The highest BCUT2D eigenvalue weighted by Gasteiger charge is 2.18. The number of aromatic nitrogens is 1. The van der Waals surface area contributed by atoms with Gasteiger partial charge in [-0.25, -0.2) is 0 Å². The summed E-state index contributed by atoms with van der Waals surface area (Å²) in [5.74, 6) is -0.442. The Morgan fingerprint density at radius 1 is 0.816 bits per heavy atom. The summed E-state index contributed by atoms with van der Waals surface area (Å²) in [6.45, 7) is 5.14. The monoisotopic (exact) mass is 521 g/mol. The largest absolute Gasteiger partial charge is 0.347 e. The summed E-state index contributed by atoms with van der Waals surface area (Å²) >= 11 is 6.21. The molecule has 0 spiro atoms. The van der Waals surface area contributed by atoms with Crippen LogP contribution in [-0.4, -0.2) is 16.4 Å². The maximum atomic E-state index is 13.4. The Morgan fingerprint density at radius 3 is 2.37 bits per heavy atom. The Labute approximate surface area is 227 Å². The third-order valence-electron chi connectivity index (χ3n) is 6.64. The maximum Gasteiger partial charge on any atom is 0.268 e. The van der Waals surface area contributed by atoms with Crippen LogP contribution in [0.1, 0.15) is 43.1 Å². The molecule has 5 aromatic rings. The van der Waals surface area contributed by atoms with Crippen molar-refractivity contribution in [3.63, 3.8) is 0 Å². The molecule has 5 nitrogen and oxygen atoms in total. The summed E-state index contributed by atoms with van der Waals surface area (Å²) < 4.78 is 2.04. The highest BCUT2D eigenvalue weighted by atomic mass is 35.5. The molecule has 1 aromatic heterocycles. The molecule has 38 heavy (non-hydrogen) atoms. The van der Waals surface area contributed by atoms with Gasteiger partial charge in [-0.05, 0) is 66.9 Å². The third kappa shape index (κ3) is 5.48. The number of nitrogens with zero attached hydrogens (tertiary/aromatic N) is 1. The Hall–Kier alpha value is -4.35. The topological polar surface area (TPSA) is 63.1 Å². The van der Waals surface area contributed by atoms with Gasteiger partial charge in [-0.15, -0.1) is 0 Å². The van der Waals surface area contributed by atoms with E-state index in [2.05, 4.69) is 42.7 Å². The number of rotatable bonds is 7. The Balaban J connectivity index is 1.49. The molecule has 1 heterocycles. The summed E-state index contributed by atoms with van der Waals surface area (Å²) in [6, 6.07) is 30.7. The molecule has 0 unspecified atom stereocenters. The lowest BCUT2D eigenvalue weighted by Gasteiger charge is -2.14. The normalized spacial score (nSPS) is 10.9. The van der Waals surface area contributed by atoms with E-state index in [0.29, 0.717) is 35.1 Å². The van der Waals surface area contributed by atoms with Gasteiger partial charge in [-0.1, -0.05) is 77.8 Å². The van der Waals surface area contributed by atoms with Crippen LogP contribution in [0.5, 0.6) is 0 Å². The summed E-state index contributed by atoms with van der Waals surface area (Å²) in [5.41, 5.74) is 7.01. The smallest absolute Gasteiger partial charge is 0.268 e. The van der Waals surface area contributed by atoms with Crippen molar-refractivity contribution in [2.24, 2.45) is 0 Å². The van der Waals surface area contributed by atoms with Crippen LogP contribution in [0.15, 0.2) is 97.1 Å². The number of fused-ring (bicyclic) bond motifs is 1. The van der Waals surface area contributed by atoms with E-state index in [1.807, 2.05) is 59.2 Å². The van der Waals surface area contributed by atoms with Crippen LogP contribution in [0.4, 0.5) is 5.69 Å². The first-order valence-corrected chi connectivity index (χ1v) is 12.8. The van der Waals surface area contributed by atoms with E-state index in [4.69, 9.17) is 11.6 Å². The van der Waals surface area contributed by atoms with Crippen molar-refractivity contribution in [3.05, 3.63) is 136 Å². The summed E-state index contributed by atoms with van der Waals surface area (Å²) in [5, 5.41) is 7.24. The fourth-order valence-corrected chi connectivity index (χ4v) is 4.78. The van der Waals surface area contributed by atoms with Crippen molar-refractivity contribution in [2.45, 2.75) is 26.9 Å². The predicted octanol–water partition coefficient (Wildman–Crippen LogP) is 7.14. The molecule has 4 aromatic carbocycles. The van der Waals surface area contributed by atoms with E-state index in [0.717, 1.165) is 27.6 Å². The molecule has 0 aliphatic rings. The molecule has 2 N–H and O–H groups in total. The molecule has 0 fully saturated rings. The van der Waals surface area contributed by atoms with Gasteiger partial charge in [-0.3, -0.25) is 9.59 Å². The average Bonchev–Trinajstić information content (AvgIpc) is 3.27. The Morgan fingerprint density at radius 2 is 1.58 bits per heavy atom. The van der Waals surface area contributed by atoms with Gasteiger partial charge in [0.25, 0.3) is 11.8 Å². The van der Waals surface area contributed by atoms with Gasteiger partial charge in [0, 0.05) is 29.7 Å². The van der Waals surface area contributed by atoms with Gasteiger partial charge in [0.05, 0.1) is 10.6 Å². The minimum atomic E-state index is -0.286. The first-order chi connectivity index (χ1) is 18.4. The second kappa shape index (κ2) is 11.0. The van der Waals surface area contributed by atoms with E-state index >= 15 is 0 Å². The fourth-order valence-electron chi connectivity index (χ4n) is 4.56. The number of nitrogens with one attached hydrogen (secondary N) is 2. The number of carbonyl (C=O) groups is 2. The van der Waals surface area contributed by atoms with Crippen LogP contribution in [0.25, 0.3) is 10.9 Å². The number of hydrogen-bond donors (Lipinski definition) is 2. The first kappa shape index (κ1) is 25.3. The lowest BCUT2D eigenvalue weighted by atomic mass is 10.1. The lowest BCUT2D eigenvalue weighted by Crippen LogP contribution is -2.25. The van der Waals surface area contributed by atoms with Crippen LogP contribution < -0.4 is 10.6 Å². The van der Waals surface area contributed by atoms with E-state index in [1.165, 1.54) is 5.56 Å². The number of anilines is 1. The van der Waals surface area contributed by atoms with Crippen LogP contribution in [0.2, 0.25) is 5.02 Å². The zero-order valence-corrected chi connectivity index (χ0v) is 22.0. The van der Waals surface area contributed by atoms with Crippen molar-refractivity contribution >= 4 is 40.0 Å². The van der Waals surface area contributed by atoms with Gasteiger partial charge in [0.2, 0.25) is 0 Å². The van der Waals surface area contributed by atoms with Crippen LogP contribution in [0.3, 0.4) is 0 Å². The molecule has 0 saturated carbocycles. The zero-order valence-electron chi connectivity index (χ0n) is 21.3. The Kier molecular flexibility index (Phi) is 7.29. The molecule has 190 valence electrons. The average molecular weight is 522 g/mol. The van der Waals surface area contributed by atoms with Crippen molar-refractivity contribution in [3.8, 4) is 0 Å². The fraction of sp³-hybridized carbons (Fsp3) is 0.125. The highest BCUT2D eigenvalue weighted by Crippen LogP contribution is 2.27. The standard InChI is InChI=1S/C32H28ClN3O2/c1-21-12-13-22(2)25(16-21)20-36-29-15-14-26(35-31(37)27-10-6-7-11-28(27)33)17-24(29)18-30(36)32(38)34-19-23-8-4-3-5-9-23/h3-18H,19-20H2,1-2H3,(H,34,38)(H,35,37). The number of halogens is 1. The zero-order chi connectivity index (χ0) is 26.6. The SMILES string of the molecule is Cc1ccc(C)c(Cn2c(C(=O)NCc3ccccc3)cc3cc(NC(=O)c4ccccc4Cl)ccc32)c1. The molecule has 2 amide bonds. The minimum Gasteiger partial charge on any atom is -0.347 e. The van der Waals surface area contributed by atoms with Gasteiger partial charge in [-0.2, -0.15) is 0 Å². The first-order valence-electron chi connectivity index (χ1n) is 12.5. The second-order valence-corrected chi connectivity index (χ2v) is 9.83. The molecular weight excluding hydrogens is 494 g/mol. The van der Waals surface area contributed by atoms with E-state index in [-0.39, 0.29) is 11.8 Å². The number of amides is 2. The molecule has 0 aliphatic heterocycles. The third-order valence-corrected chi connectivity index (χ3v) is 6.97. The molecular formula is C32H28ClN3O2. The van der Waals surface area contributed by atoms with Crippen molar-refractivity contribution in [1.82, 2.24) is 9.88 Å². The molecule has 5 rings (SSSR count). The number of hydrogen-bond acceptors (Lipinski definition) is 2. The summed E-state index contributed by atoms with van der Waals surface area (Å²) in [7, 11) is 0. The molecule has 0 saturated heterocycles. The molecule has 0 bridgehead atoms. The van der Waals surface area contributed by atoms with Gasteiger partial charge >= 0.3 is 0 Å². The highest BCUT2D eigenvalue weighted by molar-refractivity contribution is 6.34. The van der Waals surface area contributed by atoms with Crippen molar-refractivity contribution in [2.75, 3.05) is 5.32 Å². The maximum absolute atomic E-state index is 13.4. The lowest BCUT2D eigenvalue weighted by molar-refractivity contribution is 0.0941. The summed E-state index contributed by atoms with van der Waals surface area (Å²) in [6.07, 6.45) is 0. The van der Waals surface area contributed by atoms with Crippen LogP contribution >= 0.6 is 11.6 Å². The Bertz CT molecular complexity index is 1640. The summed E-state index contributed by atoms with van der Waals surface area (Å²) in [4.78, 5) is 26.2. The van der Waals surface area contributed by atoms with E-state index in [1.54, 1.807) is 24.3 Å². The number of benzene rings is 4. The molecule has 0 aliphatic carbocycles. The molecule has 0 radical (unpaired) electrons.